The SMILES string of the molecule is CC(C)c1cc(C(=O)N2CC[C@@]3(CCCN(CC4CCC4)C3=O)C2)on1. The van der Waals surface area contributed by atoms with Gasteiger partial charge in [-0.25, -0.2) is 0 Å². The molecule has 0 bridgehead atoms. The zero-order valence-electron chi connectivity index (χ0n) is 15.9. The molecule has 3 fully saturated rings. The van der Waals surface area contributed by atoms with E-state index in [0.717, 1.165) is 38.0 Å². The fourth-order valence-corrected chi connectivity index (χ4v) is 4.56. The first-order valence-corrected chi connectivity index (χ1v) is 10.0. The second-order valence-corrected chi connectivity index (χ2v) is 8.68. The van der Waals surface area contributed by atoms with Crippen molar-refractivity contribution in [1.82, 2.24) is 15.0 Å². The van der Waals surface area contributed by atoms with E-state index in [2.05, 4.69) is 10.1 Å². The van der Waals surface area contributed by atoms with Gasteiger partial charge >= 0.3 is 0 Å². The van der Waals surface area contributed by atoms with E-state index in [1.54, 1.807) is 11.0 Å². The summed E-state index contributed by atoms with van der Waals surface area (Å²) in [6.07, 6.45) is 6.51. The molecule has 0 radical (unpaired) electrons. The summed E-state index contributed by atoms with van der Waals surface area (Å²) >= 11 is 0. The Bertz CT molecular complexity index is 694. The van der Waals surface area contributed by atoms with Crippen LogP contribution in [0.15, 0.2) is 10.6 Å². The third-order valence-corrected chi connectivity index (χ3v) is 6.50. The van der Waals surface area contributed by atoms with Crippen molar-refractivity contribution in [3.8, 4) is 0 Å². The number of hydrogen-bond donors (Lipinski definition) is 0. The van der Waals surface area contributed by atoms with Crippen LogP contribution >= 0.6 is 0 Å². The largest absolute Gasteiger partial charge is 0.351 e. The highest BCUT2D eigenvalue weighted by Crippen LogP contribution is 2.41. The lowest BCUT2D eigenvalue weighted by Crippen LogP contribution is -2.52. The van der Waals surface area contributed by atoms with E-state index in [9.17, 15) is 9.59 Å². The number of carbonyl (C=O) groups is 2. The Hall–Kier alpha value is -1.85. The number of likely N-dealkylation sites (tertiary alicyclic amines) is 2. The third kappa shape index (κ3) is 3.03. The second-order valence-electron chi connectivity index (χ2n) is 8.68. The van der Waals surface area contributed by atoms with Crippen LogP contribution in [0, 0.1) is 11.3 Å². The monoisotopic (exact) mass is 359 g/mol. The molecule has 1 aromatic heterocycles. The highest BCUT2D eigenvalue weighted by atomic mass is 16.5. The first-order chi connectivity index (χ1) is 12.5. The van der Waals surface area contributed by atoms with Crippen LogP contribution < -0.4 is 0 Å². The maximum absolute atomic E-state index is 13.2. The number of piperidine rings is 1. The molecule has 0 N–H and O–H groups in total. The van der Waals surface area contributed by atoms with Gasteiger partial charge in [0.2, 0.25) is 11.7 Å². The predicted octanol–water partition coefficient (Wildman–Crippen LogP) is 3.05. The van der Waals surface area contributed by atoms with Gasteiger partial charge in [-0.1, -0.05) is 25.4 Å². The number of hydrogen-bond acceptors (Lipinski definition) is 4. The van der Waals surface area contributed by atoms with Crippen LogP contribution in [0.5, 0.6) is 0 Å². The minimum Gasteiger partial charge on any atom is -0.351 e. The summed E-state index contributed by atoms with van der Waals surface area (Å²) in [5.74, 6) is 1.35. The van der Waals surface area contributed by atoms with Gasteiger partial charge < -0.3 is 14.3 Å². The van der Waals surface area contributed by atoms with Crippen LogP contribution in [0.1, 0.15) is 74.5 Å². The molecule has 2 amide bonds. The van der Waals surface area contributed by atoms with Crippen LogP contribution in [0.3, 0.4) is 0 Å². The number of carbonyl (C=O) groups excluding carboxylic acids is 2. The van der Waals surface area contributed by atoms with Crippen LogP contribution in [0.4, 0.5) is 0 Å². The molecule has 6 heteroatoms. The number of amides is 2. The molecule has 0 aromatic carbocycles. The van der Waals surface area contributed by atoms with E-state index in [1.807, 2.05) is 13.8 Å². The predicted molar refractivity (Wildman–Crippen MR) is 96.7 cm³/mol. The third-order valence-electron chi connectivity index (χ3n) is 6.50. The summed E-state index contributed by atoms with van der Waals surface area (Å²) in [6.45, 7) is 6.98. The fraction of sp³-hybridized carbons (Fsp3) is 0.750. The van der Waals surface area contributed by atoms with Crippen molar-refractivity contribution in [2.45, 2.75) is 58.3 Å². The minimum atomic E-state index is -0.376. The smallest absolute Gasteiger partial charge is 0.292 e. The molecule has 1 spiro atoms. The summed E-state index contributed by atoms with van der Waals surface area (Å²) in [6, 6.07) is 1.74. The quantitative estimate of drug-likeness (QED) is 0.829. The summed E-state index contributed by atoms with van der Waals surface area (Å²) in [4.78, 5) is 29.8. The van der Waals surface area contributed by atoms with Crippen molar-refractivity contribution in [3.05, 3.63) is 17.5 Å². The van der Waals surface area contributed by atoms with Gasteiger partial charge in [0.25, 0.3) is 5.91 Å². The lowest BCUT2D eigenvalue weighted by molar-refractivity contribution is -0.146. The van der Waals surface area contributed by atoms with Gasteiger partial charge in [-0.15, -0.1) is 0 Å². The minimum absolute atomic E-state index is 0.134. The average Bonchev–Trinajstić information content (AvgIpc) is 3.22. The maximum Gasteiger partial charge on any atom is 0.292 e. The van der Waals surface area contributed by atoms with Gasteiger partial charge in [0, 0.05) is 32.2 Å². The maximum atomic E-state index is 13.2. The van der Waals surface area contributed by atoms with Crippen molar-refractivity contribution in [2.24, 2.45) is 11.3 Å². The van der Waals surface area contributed by atoms with E-state index in [-0.39, 0.29) is 23.1 Å². The molecule has 3 aliphatic rings. The Balaban J connectivity index is 1.44. The van der Waals surface area contributed by atoms with Crippen molar-refractivity contribution in [1.29, 1.82) is 0 Å². The summed E-state index contributed by atoms with van der Waals surface area (Å²) < 4.78 is 5.26. The van der Waals surface area contributed by atoms with Gasteiger partial charge in [-0.3, -0.25) is 9.59 Å². The van der Waals surface area contributed by atoms with Crippen LogP contribution in [0.25, 0.3) is 0 Å². The van der Waals surface area contributed by atoms with Crippen molar-refractivity contribution in [3.63, 3.8) is 0 Å². The molecule has 3 heterocycles. The molecule has 2 aliphatic heterocycles. The Labute approximate surface area is 154 Å². The molecule has 6 nitrogen and oxygen atoms in total. The molecule has 1 atom stereocenters. The molecule has 0 unspecified atom stereocenters. The zero-order valence-corrected chi connectivity index (χ0v) is 15.9. The summed E-state index contributed by atoms with van der Waals surface area (Å²) in [7, 11) is 0. The molecule has 1 saturated carbocycles. The van der Waals surface area contributed by atoms with E-state index < -0.39 is 0 Å². The fourth-order valence-electron chi connectivity index (χ4n) is 4.56. The Kier molecular flexibility index (Phi) is 4.53. The van der Waals surface area contributed by atoms with Crippen LogP contribution in [-0.4, -0.2) is 52.9 Å². The van der Waals surface area contributed by atoms with Crippen LogP contribution in [0.2, 0.25) is 0 Å². The van der Waals surface area contributed by atoms with Gasteiger partial charge in [-0.2, -0.15) is 0 Å². The first-order valence-electron chi connectivity index (χ1n) is 10.0. The first kappa shape index (κ1) is 17.6. The normalized spacial score (nSPS) is 26.8. The molecule has 1 aromatic rings. The standard InChI is InChI=1S/C20H29N3O3/c1-14(2)16-11-17(26-21-16)18(24)23-10-8-20(13-23)7-4-9-22(19(20)25)12-15-5-3-6-15/h11,14-15H,3-10,12-13H2,1-2H3/t20-/m0/s1. The lowest BCUT2D eigenvalue weighted by atomic mass is 9.77. The highest BCUT2D eigenvalue weighted by Gasteiger charge is 2.50. The Morgan fingerprint density at radius 3 is 2.77 bits per heavy atom. The van der Waals surface area contributed by atoms with E-state index in [0.29, 0.717) is 24.8 Å². The number of rotatable bonds is 4. The topological polar surface area (TPSA) is 66.7 Å². The molecule has 142 valence electrons. The molecule has 2 saturated heterocycles. The lowest BCUT2D eigenvalue weighted by Gasteiger charge is -2.42. The van der Waals surface area contributed by atoms with Gasteiger partial charge in [0.15, 0.2) is 0 Å². The molecular weight excluding hydrogens is 330 g/mol. The van der Waals surface area contributed by atoms with Gasteiger partial charge in [-0.05, 0) is 43.9 Å². The molecule has 4 rings (SSSR count). The van der Waals surface area contributed by atoms with Crippen molar-refractivity contribution >= 4 is 11.8 Å². The van der Waals surface area contributed by atoms with E-state index in [1.165, 1.54) is 19.3 Å². The Morgan fingerprint density at radius 1 is 1.31 bits per heavy atom. The highest BCUT2D eigenvalue weighted by molar-refractivity contribution is 5.93. The summed E-state index contributed by atoms with van der Waals surface area (Å²) in [5, 5.41) is 3.99. The Morgan fingerprint density at radius 2 is 2.12 bits per heavy atom. The van der Waals surface area contributed by atoms with Crippen molar-refractivity contribution < 1.29 is 14.1 Å². The summed E-state index contributed by atoms with van der Waals surface area (Å²) in [5.41, 5.74) is 0.418. The van der Waals surface area contributed by atoms with Gasteiger partial charge in [0.1, 0.15) is 0 Å². The van der Waals surface area contributed by atoms with Gasteiger partial charge in [0.05, 0.1) is 11.1 Å². The van der Waals surface area contributed by atoms with Crippen LogP contribution in [-0.2, 0) is 4.79 Å². The molecule has 26 heavy (non-hydrogen) atoms. The average molecular weight is 359 g/mol. The second kappa shape index (κ2) is 6.71. The molecular formula is C20H29N3O3. The van der Waals surface area contributed by atoms with E-state index >= 15 is 0 Å². The number of nitrogens with zero attached hydrogens (tertiary/aromatic N) is 3. The van der Waals surface area contributed by atoms with E-state index in [4.69, 9.17) is 4.52 Å². The van der Waals surface area contributed by atoms with Crippen molar-refractivity contribution in [2.75, 3.05) is 26.2 Å². The number of aromatic nitrogens is 1. The zero-order chi connectivity index (χ0) is 18.3. The molecule has 1 aliphatic carbocycles.